The molecule has 1 saturated heterocycles. The van der Waals surface area contributed by atoms with Crippen molar-refractivity contribution in [1.29, 1.82) is 0 Å². The molecule has 0 radical (unpaired) electrons. The largest absolute Gasteiger partial charge is 0.481 e. The molecule has 2 fully saturated rings. The molecule has 0 amide bonds. The molecule has 1 N–H and O–H groups in total. The maximum atomic E-state index is 10.9. The number of rotatable bonds is 1. The van der Waals surface area contributed by atoms with Gasteiger partial charge in [0.25, 0.3) is 0 Å². The molecule has 62 valence electrons. The highest BCUT2D eigenvalue weighted by atomic mass is 16.5. The van der Waals surface area contributed by atoms with Crippen molar-refractivity contribution >= 4 is 5.97 Å². The number of carboxylic acid groups (broad SMARTS) is 1. The van der Waals surface area contributed by atoms with Gasteiger partial charge in [0, 0.05) is 6.61 Å². The lowest BCUT2D eigenvalue weighted by Crippen LogP contribution is -2.34. The Morgan fingerprint density at radius 2 is 2.36 bits per heavy atom. The Morgan fingerprint density at radius 3 is 3.00 bits per heavy atom. The lowest BCUT2D eigenvalue weighted by molar-refractivity contribution is -0.150. The number of carbonyl (C=O) groups is 1. The summed E-state index contributed by atoms with van der Waals surface area (Å²) in [5, 5.41) is 8.99. The van der Waals surface area contributed by atoms with Crippen LogP contribution in [0.5, 0.6) is 0 Å². The third-order valence-electron chi connectivity index (χ3n) is 3.00. The second-order valence-corrected chi connectivity index (χ2v) is 3.46. The fraction of sp³-hybridized carbons (Fsp3) is 0.875. The Labute approximate surface area is 65.4 Å². The van der Waals surface area contributed by atoms with Gasteiger partial charge in [-0.3, -0.25) is 4.79 Å². The molecule has 1 saturated carbocycles. The van der Waals surface area contributed by atoms with E-state index in [0.29, 0.717) is 13.0 Å². The summed E-state index contributed by atoms with van der Waals surface area (Å²) >= 11 is 0. The number of hydrogen-bond acceptors (Lipinski definition) is 2. The van der Waals surface area contributed by atoms with Crippen molar-refractivity contribution in [3.8, 4) is 0 Å². The number of fused-ring (bicyclic) bond motifs is 1. The zero-order valence-electron chi connectivity index (χ0n) is 6.38. The lowest BCUT2D eigenvalue weighted by Gasteiger charge is -2.21. The first-order valence-corrected chi connectivity index (χ1v) is 4.11. The molecule has 1 heterocycles. The lowest BCUT2D eigenvalue weighted by atomic mass is 9.83. The summed E-state index contributed by atoms with van der Waals surface area (Å²) in [6.45, 7) is 0.636. The Bertz CT molecular complexity index is 178. The van der Waals surface area contributed by atoms with E-state index in [1.165, 1.54) is 0 Å². The third-order valence-corrected chi connectivity index (χ3v) is 3.00. The van der Waals surface area contributed by atoms with E-state index < -0.39 is 11.4 Å². The maximum absolute atomic E-state index is 10.9. The zero-order valence-corrected chi connectivity index (χ0v) is 6.38. The van der Waals surface area contributed by atoms with Gasteiger partial charge in [-0.15, -0.1) is 0 Å². The van der Waals surface area contributed by atoms with Gasteiger partial charge >= 0.3 is 5.97 Å². The van der Waals surface area contributed by atoms with Crippen LogP contribution in [0.15, 0.2) is 0 Å². The summed E-state index contributed by atoms with van der Waals surface area (Å²) in [4.78, 5) is 10.9. The van der Waals surface area contributed by atoms with E-state index in [1.807, 2.05) is 0 Å². The highest BCUT2D eigenvalue weighted by Crippen LogP contribution is 2.47. The molecule has 0 spiro atoms. The first-order chi connectivity index (χ1) is 5.26. The van der Waals surface area contributed by atoms with Crippen molar-refractivity contribution in [3.05, 3.63) is 0 Å². The fourth-order valence-electron chi connectivity index (χ4n) is 2.30. The number of carboxylic acids is 1. The van der Waals surface area contributed by atoms with Gasteiger partial charge < -0.3 is 9.84 Å². The van der Waals surface area contributed by atoms with Gasteiger partial charge in [-0.2, -0.15) is 0 Å². The van der Waals surface area contributed by atoms with Crippen LogP contribution < -0.4 is 0 Å². The molecule has 0 unspecified atom stereocenters. The molecule has 3 nitrogen and oxygen atoms in total. The first-order valence-electron chi connectivity index (χ1n) is 4.11. The van der Waals surface area contributed by atoms with Crippen LogP contribution in [0.1, 0.15) is 25.7 Å². The van der Waals surface area contributed by atoms with Gasteiger partial charge in [0.2, 0.25) is 0 Å². The van der Waals surface area contributed by atoms with E-state index in [0.717, 1.165) is 19.3 Å². The number of hydrogen-bond donors (Lipinski definition) is 1. The van der Waals surface area contributed by atoms with Gasteiger partial charge in [-0.05, 0) is 25.7 Å². The molecule has 0 aromatic heterocycles. The van der Waals surface area contributed by atoms with Crippen molar-refractivity contribution in [2.24, 2.45) is 5.41 Å². The average molecular weight is 156 g/mol. The fourth-order valence-corrected chi connectivity index (χ4v) is 2.30. The summed E-state index contributed by atoms with van der Waals surface area (Å²) in [7, 11) is 0. The molecule has 1 aliphatic heterocycles. The zero-order chi connectivity index (χ0) is 7.90. The van der Waals surface area contributed by atoms with Gasteiger partial charge in [0.05, 0.1) is 11.5 Å². The van der Waals surface area contributed by atoms with Crippen LogP contribution in [0.25, 0.3) is 0 Å². The molecule has 11 heavy (non-hydrogen) atoms. The van der Waals surface area contributed by atoms with Crippen molar-refractivity contribution < 1.29 is 14.6 Å². The summed E-state index contributed by atoms with van der Waals surface area (Å²) in [6.07, 6.45) is 3.49. The van der Waals surface area contributed by atoms with Crippen molar-refractivity contribution in [3.63, 3.8) is 0 Å². The van der Waals surface area contributed by atoms with Gasteiger partial charge in [0.1, 0.15) is 0 Å². The van der Waals surface area contributed by atoms with Gasteiger partial charge in [-0.25, -0.2) is 0 Å². The molecule has 0 aromatic carbocycles. The standard InChI is InChI=1S/C8H12O3/c9-7(10)8-3-1-2-6(8)11-5-4-8/h6H,1-5H2,(H,9,10)/t6-,8+/m1/s1. The minimum Gasteiger partial charge on any atom is -0.481 e. The van der Waals surface area contributed by atoms with Crippen LogP contribution in [0.4, 0.5) is 0 Å². The van der Waals surface area contributed by atoms with Crippen molar-refractivity contribution in [1.82, 2.24) is 0 Å². The Morgan fingerprint density at radius 1 is 1.55 bits per heavy atom. The maximum Gasteiger partial charge on any atom is 0.312 e. The monoisotopic (exact) mass is 156 g/mol. The molecular weight excluding hydrogens is 144 g/mol. The summed E-state index contributed by atoms with van der Waals surface area (Å²) < 4.78 is 5.36. The van der Waals surface area contributed by atoms with E-state index in [2.05, 4.69) is 0 Å². The highest BCUT2D eigenvalue weighted by Gasteiger charge is 2.53. The van der Waals surface area contributed by atoms with Crippen LogP contribution >= 0.6 is 0 Å². The Hall–Kier alpha value is -0.570. The highest BCUT2D eigenvalue weighted by molar-refractivity contribution is 5.76. The van der Waals surface area contributed by atoms with Gasteiger partial charge in [-0.1, -0.05) is 0 Å². The third kappa shape index (κ3) is 0.805. The normalized spacial score (nSPS) is 42.4. The Balaban J connectivity index is 2.26. The predicted molar refractivity (Wildman–Crippen MR) is 38.3 cm³/mol. The molecule has 0 aromatic rings. The van der Waals surface area contributed by atoms with Crippen molar-refractivity contribution in [2.75, 3.05) is 6.61 Å². The molecule has 1 aliphatic carbocycles. The summed E-state index contributed by atoms with van der Waals surface area (Å²) in [6, 6.07) is 0. The quantitative estimate of drug-likeness (QED) is 0.616. The van der Waals surface area contributed by atoms with E-state index in [4.69, 9.17) is 9.84 Å². The minimum atomic E-state index is -0.655. The van der Waals surface area contributed by atoms with Crippen LogP contribution in [-0.4, -0.2) is 23.8 Å². The Kier molecular flexibility index (Phi) is 1.42. The van der Waals surface area contributed by atoms with E-state index >= 15 is 0 Å². The molecule has 3 heteroatoms. The van der Waals surface area contributed by atoms with Crippen LogP contribution in [-0.2, 0) is 9.53 Å². The summed E-state index contributed by atoms with van der Waals surface area (Å²) in [5.41, 5.74) is -0.500. The van der Waals surface area contributed by atoms with Crippen LogP contribution in [0.2, 0.25) is 0 Å². The number of aliphatic carboxylic acids is 1. The smallest absolute Gasteiger partial charge is 0.312 e. The van der Waals surface area contributed by atoms with Crippen molar-refractivity contribution in [2.45, 2.75) is 31.8 Å². The van der Waals surface area contributed by atoms with E-state index in [1.54, 1.807) is 0 Å². The van der Waals surface area contributed by atoms with E-state index in [-0.39, 0.29) is 6.10 Å². The molecular formula is C8H12O3. The number of ether oxygens (including phenoxy) is 1. The summed E-state index contributed by atoms with van der Waals surface area (Å²) in [5.74, 6) is -0.655. The molecule has 0 bridgehead atoms. The second kappa shape index (κ2) is 2.21. The predicted octanol–water partition coefficient (Wildman–Crippen LogP) is 1.03. The molecule has 2 rings (SSSR count). The first kappa shape index (κ1) is 7.10. The SMILES string of the molecule is O=C(O)[C@]12CCC[C@H]1OCC2. The minimum absolute atomic E-state index is 0.0139. The van der Waals surface area contributed by atoms with Crippen LogP contribution in [0, 0.1) is 5.41 Å². The second-order valence-electron chi connectivity index (χ2n) is 3.46. The molecule has 2 aliphatic rings. The topological polar surface area (TPSA) is 46.5 Å². The molecule has 2 atom stereocenters. The van der Waals surface area contributed by atoms with Crippen LogP contribution in [0.3, 0.4) is 0 Å². The van der Waals surface area contributed by atoms with Gasteiger partial charge in [0.15, 0.2) is 0 Å². The average Bonchev–Trinajstić information content (AvgIpc) is 2.40. The van der Waals surface area contributed by atoms with E-state index in [9.17, 15) is 4.79 Å².